The van der Waals surface area contributed by atoms with Crippen LogP contribution in [-0.4, -0.2) is 24.1 Å². The number of aromatic nitrogens is 1. The Morgan fingerprint density at radius 1 is 1.30 bits per heavy atom. The monoisotopic (exact) mass is 287 g/mol. The van der Waals surface area contributed by atoms with Crippen LogP contribution in [-0.2, 0) is 0 Å². The molecule has 0 amide bonds. The summed E-state index contributed by atoms with van der Waals surface area (Å²) in [6.07, 6.45) is -0.138. The molecular formula is C14H16F3NO2. The van der Waals surface area contributed by atoms with Gasteiger partial charge in [-0.3, -0.25) is 9.78 Å². The Kier molecular flexibility index (Phi) is 4.30. The van der Waals surface area contributed by atoms with Crippen molar-refractivity contribution < 1.29 is 22.7 Å². The fraction of sp³-hybridized carbons (Fsp3) is 0.571. The summed E-state index contributed by atoms with van der Waals surface area (Å²) in [5.74, 6) is -2.67. The number of rotatable bonds is 3. The van der Waals surface area contributed by atoms with E-state index in [4.69, 9.17) is 4.74 Å². The zero-order chi connectivity index (χ0) is 14.8. The van der Waals surface area contributed by atoms with Crippen molar-refractivity contribution in [2.24, 2.45) is 11.8 Å². The maximum absolute atomic E-state index is 13.0. The van der Waals surface area contributed by atoms with E-state index in [1.165, 1.54) is 25.6 Å². The number of halogens is 3. The van der Waals surface area contributed by atoms with Gasteiger partial charge in [-0.25, -0.2) is 0 Å². The minimum atomic E-state index is -4.33. The highest BCUT2D eigenvalue weighted by atomic mass is 19.4. The summed E-state index contributed by atoms with van der Waals surface area (Å²) in [6, 6.07) is 1.44. The van der Waals surface area contributed by atoms with E-state index in [9.17, 15) is 18.0 Å². The number of ether oxygens (including phenoxy) is 1. The van der Waals surface area contributed by atoms with Gasteiger partial charge in [-0.2, -0.15) is 13.2 Å². The average molecular weight is 287 g/mol. The van der Waals surface area contributed by atoms with Crippen LogP contribution in [0.1, 0.15) is 36.0 Å². The quantitative estimate of drug-likeness (QED) is 0.797. The summed E-state index contributed by atoms with van der Waals surface area (Å²) >= 11 is 0. The van der Waals surface area contributed by atoms with Crippen LogP contribution in [0.4, 0.5) is 13.2 Å². The van der Waals surface area contributed by atoms with E-state index in [-0.39, 0.29) is 18.4 Å². The number of nitrogens with zero attached hydrogens (tertiary/aromatic N) is 1. The zero-order valence-electron chi connectivity index (χ0n) is 11.1. The van der Waals surface area contributed by atoms with E-state index in [2.05, 4.69) is 4.98 Å². The molecule has 2 rings (SSSR count). The first-order chi connectivity index (χ1) is 9.43. The Morgan fingerprint density at radius 2 is 2.00 bits per heavy atom. The van der Waals surface area contributed by atoms with Gasteiger partial charge in [-0.05, 0) is 18.9 Å². The molecule has 1 saturated carbocycles. The van der Waals surface area contributed by atoms with Crippen LogP contribution in [0.25, 0.3) is 0 Å². The third kappa shape index (κ3) is 3.11. The molecule has 1 heterocycles. The standard InChI is InChI=1S/C14H16F3NO2/c1-20-10-6-9(7-18-8-10)13(19)11-4-2-3-5-12(11)14(15,16)17/h6-8,11-12H,2-5H2,1H3. The van der Waals surface area contributed by atoms with Gasteiger partial charge < -0.3 is 4.74 Å². The Hall–Kier alpha value is -1.59. The van der Waals surface area contributed by atoms with E-state index in [0.29, 0.717) is 18.6 Å². The van der Waals surface area contributed by atoms with Gasteiger partial charge in [-0.1, -0.05) is 12.8 Å². The Labute approximate surface area is 115 Å². The zero-order valence-corrected chi connectivity index (χ0v) is 11.1. The normalized spacial score (nSPS) is 23.4. The van der Waals surface area contributed by atoms with E-state index in [1.807, 2.05) is 0 Å². The minimum absolute atomic E-state index is 0.0251. The molecule has 1 fully saturated rings. The van der Waals surface area contributed by atoms with Crippen LogP contribution in [0.15, 0.2) is 18.5 Å². The minimum Gasteiger partial charge on any atom is -0.495 e. The number of methoxy groups -OCH3 is 1. The largest absolute Gasteiger partial charge is 0.495 e. The van der Waals surface area contributed by atoms with Gasteiger partial charge in [0.2, 0.25) is 0 Å². The van der Waals surface area contributed by atoms with Gasteiger partial charge in [-0.15, -0.1) is 0 Å². The van der Waals surface area contributed by atoms with Crippen molar-refractivity contribution in [2.75, 3.05) is 7.11 Å². The lowest BCUT2D eigenvalue weighted by atomic mass is 9.75. The lowest BCUT2D eigenvalue weighted by Gasteiger charge is -2.31. The summed E-state index contributed by atoms with van der Waals surface area (Å²) in [6.45, 7) is 0. The second-order valence-electron chi connectivity index (χ2n) is 5.02. The maximum Gasteiger partial charge on any atom is 0.392 e. The molecule has 6 heteroatoms. The second-order valence-corrected chi connectivity index (χ2v) is 5.02. The summed E-state index contributed by atoms with van der Waals surface area (Å²) in [5.41, 5.74) is 0.186. The first-order valence-corrected chi connectivity index (χ1v) is 6.53. The fourth-order valence-corrected chi connectivity index (χ4v) is 2.72. The van der Waals surface area contributed by atoms with E-state index in [1.54, 1.807) is 0 Å². The summed E-state index contributed by atoms with van der Waals surface area (Å²) < 4.78 is 44.0. The number of ketones is 1. The van der Waals surface area contributed by atoms with E-state index in [0.717, 1.165) is 0 Å². The number of pyridine rings is 1. The molecule has 0 radical (unpaired) electrons. The predicted octanol–water partition coefficient (Wildman–Crippen LogP) is 3.64. The average Bonchev–Trinajstić information content (AvgIpc) is 2.45. The maximum atomic E-state index is 13.0. The summed E-state index contributed by atoms with van der Waals surface area (Å²) in [7, 11) is 1.42. The number of hydrogen-bond acceptors (Lipinski definition) is 3. The molecule has 1 aliphatic carbocycles. The predicted molar refractivity (Wildman–Crippen MR) is 66.6 cm³/mol. The van der Waals surface area contributed by atoms with Gasteiger partial charge in [0, 0.05) is 17.7 Å². The van der Waals surface area contributed by atoms with Gasteiger partial charge >= 0.3 is 6.18 Å². The summed E-state index contributed by atoms with van der Waals surface area (Å²) in [5, 5.41) is 0. The third-order valence-electron chi connectivity index (χ3n) is 3.76. The van der Waals surface area contributed by atoms with E-state index < -0.39 is 23.8 Å². The van der Waals surface area contributed by atoms with Gasteiger partial charge in [0.1, 0.15) is 5.75 Å². The number of carbonyl (C=O) groups excluding carboxylic acids is 1. The lowest BCUT2D eigenvalue weighted by Crippen LogP contribution is -2.37. The van der Waals surface area contributed by atoms with Crippen LogP contribution in [0.2, 0.25) is 0 Å². The molecule has 1 aliphatic rings. The highest BCUT2D eigenvalue weighted by Gasteiger charge is 2.48. The third-order valence-corrected chi connectivity index (χ3v) is 3.76. The first-order valence-electron chi connectivity index (χ1n) is 6.53. The van der Waals surface area contributed by atoms with Crippen molar-refractivity contribution in [3.8, 4) is 5.75 Å². The molecule has 3 nitrogen and oxygen atoms in total. The lowest BCUT2D eigenvalue weighted by molar-refractivity contribution is -0.190. The highest BCUT2D eigenvalue weighted by molar-refractivity contribution is 5.98. The van der Waals surface area contributed by atoms with Gasteiger partial charge in [0.25, 0.3) is 0 Å². The van der Waals surface area contributed by atoms with Crippen LogP contribution in [0.3, 0.4) is 0 Å². The number of Topliss-reactive ketones (excluding diaryl/α,β-unsaturated/α-hetero) is 1. The number of hydrogen-bond donors (Lipinski definition) is 0. The van der Waals surface area contributed by atoms with Crippen molar-refractivity contribution in [1.82, 2.24) is 4.98 Å². The molecule has 1 aromatic heterocycles. The van der Waals surface area contributed by atoms with Crippen LogP contribution < -0.4 is 4.74 Å². The molecule has 110 valence electrons. The molecule has 0 saturated heterocycles. The fourth-order valence-electron chi connectivity index (χ4n) is 2.72. The molecule has 0 N–H and O–H groups in total. The highest BCUT2D eigenvalue weighted by Crippen LogP contribution is 2.42. The Bertz CT molecular complexity index is 488. The van der Waals surface area contributed by atoms with Crippen LogP contribution >= 0.6 is 0 Å². The molecule has 0 spiro atoms. The first kappa shape index (κ1) is 14.8. The number of carbonyl (C=O) groups is 1. The molecular weight excluding hydrogens is 271 g/mol. The van der Waals surface area contributed by atoms with Crippen molar-refractivity contribution in [3.05, 3.63) is 24.0 Å². The van der Waals surface area contributed by atoms with Crippen molar-refractivity contribution >= 4 is 5.78 Å². The number of alkyl halides is 3. The van der Waals surface area contributed by atoms with Crippen LogP contribution in [0, 0.1) is 11.8 Å². The smallest absolute Gasteiger partial charge is 0.392 e. The second kappa shape index (κ2) is 5.81. The Morgan fingerprint density at radius 3 is 2.65 bits per heavy atom. The summed E-state index contributed by atoms with van der Waals surface area (Å²) in [4.78, 5) is 16.2. The molecule has 2 unspecified atom stereocenters. The molecule has 0 aliphatic heterocycles. The molecule has 2 atom stereocenters. The molecule has 0 aromatic carbocycles. The topological polar surface area (TPSA) is 39.2 Å². The van der Waals surface area contributed by atoms with Crippen LogP contribution in [0.5, 0.6) is 5.75 Å². The van der Waals surface area contributed by atoms with Crippen molar-refractivity contribution in [3.63, 3.8) is 0 Å². The molecule has 20 heavy (non-hydrogen) atoms. The van der Waals surface area contributed by atoms with E-state index >= 15 is 0 Å². The van der Waals surface area contributed by atoms with Crippen molar-refractivity contribution in [2.45, 2.75) is 31.9 Å². The molecule has 0 bridgehead atoms. The SMILES string of the molecule is COc1cncc(C(=O)C2CCCCC2C(F)(F)F)c1. The van der Waals surface area contributed by atoms with Crippen molar-refractivity contribution in [1.29, 1.82) is 0 Å². The van der Waals surface area contributed by atoms with Gasteiger partial charge in [0.15, 0.2) is 5.78 Å². The van der Waals surface area contributed by atoms with Gasteiger partial charge in [0.05, 0.1) is 19.2 Å². The molecule has 1 aromatic rings. The Balaban J connectivity index is 2.25.